The summed E-state index contributed by atoms with van der Waals surface area (Å²) in [7, 11) is 1.97. The predicted octanol–water partition coefficient (Wildman–Crippen LogP) is 1.63. The molecule has 2 aliphatic rings. The minimum Gasteiger partial charge on any atom is -0.508 e. The smallest absolute Gasteiger partial charge is 0.278 e. The minimum atomic E-state index is 0.218. The number of carbonyl (C=O) groups excluding carboxylic acids is 1. The molecule has 148 valence electrons. The van der Waals surface area contributed by atoms with E-state index < -0.39 is 0 Å². The van der Waals surface area contributed by atoms with E-state index >= 15 is 0 Å². The van der Waals surface area contributed by atoms with Crippen molar-refractivity contribution in [3.8, 4) is 5.75 Å². The number of rotatable bonds is 4. The maximum atomic E-state index is 13.0. The van der Waals surface area contributed by atoms with E-state index in [9.17, 15) is 9.90 Å². The number of piperazine rings is 1. The number of benzene rings is 2. The van der Waals surface area contributed by atoms with E-state index in [-0.39, 0.29) is 11.9 Å². The van der Waals surface area contributed by atoms with Crippen molar-refractivity contribution in [3.05, 3.63) is 59.7 Å². The Kier molecular flexibility index (Phi) is 5.53. The van der Waals surface area contributed by atoms with Gasteiger partial charge in [-0.1, -0.05) is 24.3 Å². The zero-order valence-corrected chi connectivity index (χ0v) is 16.6. The Morgan fingerprint density at radius 3 is 2.61 bits per heavy atom. The highest BCUT2D eigenvalue weighted by Crippen LogP contribution is 2.33. The molecule has 1 aliphatic carbocycles. The second-order valence-electron chi connectivity index (χ2n) is 8.04. The van der Waals surface area contributed by atoms with Crippen molar-refractivity contribution in [2.75, 3.05) is 44.7 Å². The van der Waals surface area contributed by atoms with Crippen LogP contribution in [0.1, 0.15) is 30.0 Å². The van der Waals surface area contributed by atoms with E-state index in [1.54, 1.807) is 12.1 Å². The average Bonchev–Trinajstić information content (AvgIpc) is 2.74. The monoisotopic (exact) mass is 380 g/mol. The Morgan fingerprint density at radius 2 is 1.86 bits per heavy atom. The van der Waals surface area contributed by atoms with E-state index in [4.69, 9.17) is 0 Å². The Labute approximate surface area is 167 Å². The summed E-state index contributed by atoms with van der Waals surface area (Å²) >= 11 is 0. The van der Waals surface area contributed by atoms with Crippen molar-refractivity contribution in [1.29, 1.82) is 0 Å². The molecule has 2 aromatic rings. The van der Waals surface area contributed by atoms with Crippen LogP contribution in [-0.4, -0.2) is 55.7 Å². The molecule has 0 aromatic heterocycles. The third-order valence-electron chi connectivity index (χ3n) is 6.29. The van der Waals surface area contributed by atoms with Gasteiger partial charge >= 0.3 is 0 Å². The molecule has 0 radical (unpaired) electrons. The van der Waals surface area contributed by atoms with Crippen LogP contribution in [0, 0.1) is 0 Å². The van der Waals surface area contributed by atoms with E-state index in [1.807, 2.05) is 24.1 Å². The Balaban J connectivity index is 1.33. The average molecular weight is 381 g/mol. The highest BCUT2D eigenvalue weighted by molar-refractivity contribution is 5.77. The molecule has 1 heterocycles. The second kappa shape index (κ2) is 8.23. The molecular formula is C23H30N3O2+. The van der Waals surface area contributed by atoms with E-state index in [2.05, 4.69) is 29.2 Å². The summed E-state index contributed by atoms with van der Waals surface area (Å²) in [5, 5.41) is 9.45. The number of hydrogen-bond donors (Lipinski definition) is 2. The molecular weight excluding hydrogens is 350 g/mol. The zero-order chi connectivity index (χ0) is 19.5. The van der Waals surface area contributed by atoms with Gasteiger partial charge in [0.2, 0.25) is 0 Å². The van der Waals surface area contributed by atoms with Gasteiger partial charge in [0.05, 0.1) is 32.2 Å². The van der Waals surface area contributed by atoms with Crippen molar-refractivity contribution in [3.63, 3.8) is 0 Å². The first-order valence-corrected chi connectivity index (χ1v) is 10.3. The zero-order valence-electron chi connectivity index (χ0n) is 16.6. The van der Waals surface area contributed by atoms with Crippen LogP contribution < -0.4 is 9.80 Å². The molecule has 1 aliphatic heterocycles. The Hall–Kier alpha value is -2.53. The van der Waals surface area contributed by atoms with Crippen molar-refractivity contribution in [2.24, 2.45) is 0 Å². The Bertz CT molecular complexity index is 813. The predicted molar refractivity (Wildman–Crippen MR) is 111 cm³/mol. The van der Waals surface area contributed by atoms with Crippen LogP contribution in [0.2, 0.25) is 0 Å². The van der Waals surface area contributed by atoms with Crippen molar-refractivity contribution >= 4 is 11.6 Å². The summed E-state index contributed by atoms with van der Waals surface area (Å²) in [6, 6.07) is 16.2. The van der Waals surface area contributed by atoms with Crippen LogP contribution in [0.4, 0.5) is 5.69 Å². The number of quaternary nitrogens is 1. The number of aromatic hydroxyl groups is 1. The number of phenols is 1. The molecule has 1 saturated heterocycles. The first-order chi connectivity index (χ1) is 13.6. The molecule has 28 heavy (non-hydrogen) atoms. The molecule has 2 aromatic carbocycles. The number of nitrogens with one attached hydrogen (secondary N) is 1. The van der Waals surface area contributed by atoms with Crippen LogP contribution in [0.3, 0.4) is 0 Å². The van der Waals surface area contributed by atoms with Gasteiger partial charge < -0.3 is 19.8 Å². The van der Waals surface area contributed by atoms with Crippen LogP contribution in [0.5, 0.6) is 5.75 Å². The SMILES string of the molecule is CN(C(=O)C[NH+]1CCN(c2ccc(O)cc2)CC1)[C@@H]1CCCc2ccccc21. The lowest BCUT2D eigenvalue weighted by atomic mass is 9.87. The number of nitrogens with zero attached hydrogens (tertiary/aromatic N) is 2. The molecule has 5 heteroatoms. The highest BCUT2D eigenvalue weighted by atomic mass is 16.3. The molecule has 5 nitrogen and oxygen atoms in total. The molecule has 0 bridgehead atoms. The summed E-state index contributed by atoms with van der Waals surface area (Å²) in [4.78, 5) is 18.6. The van der Waals surface area contributed by atoms with Crippen LogP contribution in [0.25, 0.3) is 0 Å². The van der Waals surface area contributed by atoms with Gasteiger partial charge in [-0.25, -0.2) is 0 Å². The normalized spacial score (nSPS) is 19.9. The van der Waals surface area contributed by atoms with Crippen molar-refractivity contribution in [1.82, 2.24) is 4.90 Å². The number of amides is 1. The number of fused-ring (bicyclic) bond motifs is 1. The fourth-order valence-corrected chi connectivity index (χ4v) is 4.56. The number of anilines is 1. The van der Waals surface area contributed by atoms with Gasteiger partial charge in [-0.3, -0.25) is 4.79 Å². The maximum absolute atomic E-state index is 13.0. The summed E-state index contributed by atoms with van der Waals surface area (Å²) in [6.07, 6.45) is 3.33. The second-order valence-corrected chi connectivity index (χ2v) is 8.04. The number of aryl methyl sites for hydroxylation is 1. The molecule has 2 N–H and O–H groups in total. The molecule has 1 fully saturated rings. The lowest BCUT2D eigenvalue weighted by molar-refractivity contribution is -0.892. The summed E-state index contributed by atoms with van der Waals surface area (Å²) < 4.78 is 0. The molecule has 4 rings (SSSR count). The van der Waals surface area contributed by atoms with Gasteiger partial charge in [0, 0.05) is 12.7 Å². The van der Waals surface area contributed by atoms with Gasteiger partial charge in [-0.15, -0.1) is 0 Å². The Morgan fingerprint density at radius 1 is 1.14 bits per heavy atom. The lowest BCUT2D eigenvalue weighted by Crippen LogP contribution is -3.15. The van der Waals surface area contributed by atoms with E-state index in [1.165, 1.54) is 16.0 Å². The number of likely N-dealkylation sites (N-methyl/N-ethyl adjacent to an activating group) is 1. The molecule has 0 spiro atoms. The van der Waals surface area contributed by atoms with E-state index in [0.29, 0.717) is 12.3 Å². The van der Waals surface area contributed by atoms with Gasteiger partial charge in [0.15, 0.2) is 6.54 Å². The quantitative estimate of drug-likeness (QED) is 0.848. The lowest BCUT2D eigenvalue weighted by Gasteiger charge is -2.36. The van der Waals surface area contributed by atoms with Gasteiger partial charge in [-0.05, 0) is 54.7 Å². The van der Waals surface area contributed by atoms with Crippen LogP contribution in [-0.2, 0) is 11.2 Å². The standard InChI is InChI=1S/C23H29N3O2/c1-24(22-8-4-6-18-5-2-3-7-21(18)22)23(28)17-25-13-15-26(16-14-25)19-9-11-20(27)12-10-19/h2-3,5,7,9-12,22,27H,4,6,8,13-17H2,1H3/p+1/t22-/m1/s1. The highest BCUT2D eigenvalue weighted by Gasteiger charge is 2.29. The third kappa shape index (κ3) is 3.99. The fourth-order valence-electron chi connectivity index (χ4n) is 4.56. The summed E-state index contributed by atoms with van der Waals surface area (Å²) in [5.41, 5.74) is 3.86. The minimum absolute atomic E-state index is 0.218. The third-order valence-corrected chi connectivity index (χ3v) is 6.29. The first kappa shape index (κ1) is 18.8. The topological polar surface area (TPSA) is 48.2 Å². The largest absolute Gasteiger partial charge is 0.508 e. The maximum Gasteiger partial charge on any atom is 0.278 e. The van der Waals surface area contributed by atoms with Gasteiger partial charge in [-0.2, -0.15) is 0 Å². The van der Waals surface area contributed by atoms with Crippen molar-refractivity contribution < 1.29 is 14.8 Å². The van der Waals surface area contributed by atoms with Gasteiger partial charge in [0.1, 0.15) is 5.75 Å². The summed E-state index contributed by atoms with van der Waals surface area (Å²) in [5.74, 6) is 0.542. The van der Waals surface area contributed by atoms with Gasteiger partial charge in [0.25, 0.3) is 5.91 Å². The summed E-state index contributed by atoms with van der Waals surface area (Å²) in [6.45, 7) is 4.36. The fraction of sp³-hybridized carbons (Fsp3) is 0.435. The van der Waals surface area contributed by atoms with Crippen LogP contribution >= 0.6 is 0 Å². The van der Waals surface area contributed by atoms with Crippen LogP contribution in [0.15, 0.2) is 48.5 Å². The molecule has 0 unspecified atom stereocenters. The number of phenolic OH excluding ortho intramolecular Hbond substituents is 1. The van der Waals surface area contributed by atoms with E-state index in [0.717, 1.165) is 51.1 Å². The molecule has 1 atom stereocenters. The van der Waals surface area contributed by atoms with Crippen molar-refractivity contribution in [2.45, 2.75) is 25.3 Å². The number of hydrogen-bond acceptors (Lipinski definition) is 3. The molecule has 0 saturated carbocycles. The molecule has 1 amide bonds. The number of carbonyl (C=O) groups is 1. The first-order valence-electron chi connectivity index (χ1n) is 10.3.